The van der Waals surface area contributed by atoms with E-state index in [1.807, 2.05) is 0 Å². The lowest BCUT2D eigenvalue weighted by molar-refractivity contribution is -0.130. The second-order valence-corrected chi connectivity index (χ2v) is 9.26. The summed E-state index contributed by atoms with van der Waals surface area (Å²) in [5.41, 5.74) is 0.553. The van der Waals surface area contributed by atoms with E-state index in [2.05, 4.69) is 29.3 Å². The van der Waals surface area contributed by atoms with E-state index in [1.165, 1.54) is 33.5 Å². The minimum atomic E-state index is -0.842. The van der Waals surface area contributed by atoms with Gasteiger partial charge in [-0.2, -0.15) is 5.26 Å². The summed E-state index contributed by atoms with van der Waals surface area (Å²) >= 11 is 2.92. The number of amides is 1. The lowest BCUT2D eigenvalue weighted by Crippen LogP contribution is -2.44. The highest BCUT2D eigenvalue weighted by Crippen LogP contribution is 2.37. The van der Waals surface area contributed by atoms with E-state index in [0.717, 1.165) is 23.6 Å². The third-order valence-corrected chi connectivity index (χ3v) is 6.78. The highest BCUT2D eigenvalue weighted by Gasteiger charge is 2.27. The maximum absolute atomic E-state index is 12.2. The molecule has 26 heavy (non-hydrogen) atoms. The lowest BCUT2D eigenvalue weighted by atomic mass is 9.90. The number of fused-ring (bicyclic) bond motifs is 1. The number of carbonyl (C=O) groups is 1. The van der Waals surface area contributed by atoms with Crippen LogP contribution in [0.25, 0.3) is 10.8 Å². The molecule has 0 bridgehead atoms. The molecule has 2 aromatic rings. The zero-order chi connectivity index (χ0) is 18.9. The number of thiophene rings is 1. The van der Waals surface area contributed by atoms with Gasteiger partial charge in [-0.25, -0.2) is 0 Å². The summed E-state index contributed by atoms with van der Waals surface area (Å²) in [6.07, 6.45) is 3.45. The van der Waals surface area contributed by atoms with E-state index in [9.17, 15) is 4.79 Å². The summed E-state index contributed by atoms with van der Waals surface area (Å²) in [7, 11) is 1.63. The van der Waals surface area contributed by atoms with Gasteiger partial charge < -0.3 is 9.32 Å². The zero-order valence-corrected chi connectivity index (χ0v) is 17.0. The average Bonchev–Trinajstić information content (AvgIpc) is 3.24. The predicted octanol–water partition coefficient (Wildman–Crippen LogP) is 3.78. The Hall–Kier alpha value is -1.85. The van der Waals surface area contributed by atoms with Crippen molar-refractivity contribution in [2.24, 2.45) is 5.92 Å². The zero-order valence-electron chi connectivity index (χ0n) is 15.4. The summed E-state index contributed by atoms with van der Waals surface area (Å²) in [6, 6.07) is 4.28. The number of hydrogen-bond acceptors (Lipinski definition) is 7. The van der Waals surface area contributed by atoms with Crippen LogP contribution < -0.4 is 0 Å². The first-order valence-corrected chi connectivity index (χ1v) is 10.4. The SMILES string of the molecule is C[C@H]1CCc2sc(-c3nnc(SCC(=O)N(C)C(C)(C)C#N)o3)cc2C1. The molecule has 1 aliphatic carbocycles. The molecule has 2 heterocycles. The molecule has 0 spiro atoms. The molecule has 1 amide bonds. The first-order chi connectivity index (χ1) is 12.3. The molecule has 1 aliphatic rings. The molecule has 0 aliphatic heterocycles. The van der Waals surface area contributed by atoms with Crippen LogP contribution in [-0.2, 0) is 17.6 Å². The van der Waals surface area contributed by atoms with E-state index in [-0.39, 0.29) is 11.7 Å². The first-order valence-electron chi connectivity index (χ1n) is 8.56. The Labute approximate surface area is 161 Å². The molecular weight excluding hydrogens is 368 g/mol. The van der Waals surface area contributed by atoms with Crippen molar-refractivity contribution in [1.82, 2.24) is 15.1 Å². The van der Waals surface area contributed by atoms with Gasteiger partial charge in [0.1, 0.15) is 5.54 Å². The summed E-state index contributed by atoms with van der Waals surface area (Å²) in [5.74, 6) is 1.24. The Morgan fingerprint density at radius 1 is 1.54 bits per heavy atom. The van der Waals surface area contributed by atoms with E-state index in [1.54, 1.807) is 32.2 Å². The highest BCUT2D eigenvalue weighted by atomic mass is 32.2. The Balaban J connectivity index is 1.64. The Kier molecular flexibility index (Phi) is 5.39. The molecule has 6 nitrogen and oxygen atoms in total. The number of nitriles is 1. The van der Waals surface area contributed by atoms with Crippen LogP contribution in [-0.4, -0.2) is 39.3 Å². The van der Waals surface area contributed by atoms with Crippen LogP contribution in [0.2, 0.25) is 0 Å². The second kappa shape index (κ2) is 7.41. The molecular formula is C18H22N4O2S2. The second-order valence-electron chi connectivity index (χ2n) is 7.19. The van der Waals surface area contributed by atoms with Crippen LogP contribution in [0.4, 0.5) is 0 Å². The van der Waals surface area contributed by atoms with Gasteiger partial charge >= 0.3 is 0 Å². The number of carbonyl (C=O) groups excluding carboxylic acids is 1. The van der Waals surface area contributed by atoms with Crippen LogP contribution in [0.15, 0.2) is 15.7 Å². The van der Waals surface area contributed by atoms with Gasteiger partial charge in [0.05, 0.1) is 16.7 Å². The normalized spacial score (nSPS) is 16.8. The first kappa shape index (κ1) is 18.9. The molecule has 0 radical (unpaired) electrons. The molecule has 2 aromatic heterocycles. The summed E-state index contributed by atoms with van der Waals surface area (Å²) in [4.78, 5) is 16.1. The monoisotopic (exact) mass is 390 g/mol. The summed E-state index contributed by atoms with van der Waals surface area (Å²) < 4.78 is 5.73. The van der Waals surface area contributed by atoms with Crippen LogP contribution in [0.1, 0.15) is 37.6 Å². The Bertz CT molecular complexity index is 850. The van der Waals surface area contributed by atoms with Crippen molar-refractivity contribution in [3.05, 3.63) is 16.5 Å². The lowest BCUT2D eigenvalue weighted by Gasteiger charge is -2.28. The predicted molar refractivity (Wildman–Crippen MR) is 102 cm³/mol. The topological polar surface area (TPSA) is 83.0 Å². The maximum Gasteiger partial charge on any atom is 0.277 e. The molecule has 0 fully saturated rings. The molecule has 0 saturated carbocycles. The van der Waals surface area contributed by atoms with E-state index in [0.29, 0.717) is 11.1 Å². The molecule has 0 aromatic carbocycles. The minimum Gasteiger partial charge on any atom is -0.410 e. The molecule has 0 unspecified atom stereocenters. The Morgan fingerprint density at radius 2 is 2.31 bits per heavy atom. The van der Waals surface area contributed by atoms with Crippen molar-refractivity contribution >= 4 is 29.0 Å². The van der Waals surface area contributed by atoms with Crippen molar-refractivity contribution < 1.29 is 9.21 Å². The Morgan fingerprint density at radius 3 is 3.04 bits per heavy atom. The molecule has 138 valence electrons. The summed E-state index contributed by atoms with van der Waals surface area (Å²) in [5, 5.41) is 17.7. The number of nitrogens with zero attached hydrogens (tertiary/aromatic N) is 4. The third kappa shape index (κ3) is 3.94. The van der Waals surface area contributed by atoms with Gasteiger partial charge in [0.15, 0.2) is 0 Å². The van der Waals surface area contributed by atoms with Crippen molar-refractivity contribution in [1.29, 1.82) is 5.26 Å². The van der Waals surface area contributed by atoms with Crippen molar-refractivity contribution in [2.45, 2.75) is 50.8 Å². The number of aryl methyl sites for hydroxylation is 1. The minimum absolute atomic E-state index is 0.151. The van der Waals surface area contributed by atoms with Crippen molar-refractivity contribution in [3.63, 3.8) is 0 Å². The third-order valence-electron chi connectivity index (χ3n) is 4.75. The fraction of sp³-hybridized carbons (Fsp3) is 0.556. The van der Waals surface area contributed by atoms with E-state index >= 15 is 0 Å². The van der Waals surface area contributed by atoms with Crippen LogP contribution in [0, 0.1) is 17.2 Å². The van der Waals surface area contributed by atoms with E-state index in [4.69, 9.17) is 9.68 Å². The number of rotatable bonds is 5. The quantitative estimate of drug-likeness (QED) is 0.723. The van der Waals surface area contributed by atoms with Gasteiger partial charge in [-0.05, 0) is 50.7 Å². The van der Waals surface area contributed by atoms with Gasteiger partial charge in [-0.3, -0.25) is 4.79 Å². The van der Waals surface area contributed by atoms with Crippen molar-refractivity contribution in [3.8, 4) is 16.8 Å². The van der Waals surface area contributed by atoms with Gasteiger partial charge in [0.2, 0.25) is 5.91 Å². The van der Waals surface area contributed by atoms with E-state index < -0.39 is 5.54 Å². The van der Waals surface area contributed by atoms with Gasteiger partial charge in [0, 0.05) is 11.9 Å². The fourth-order valence-corrected chi connectivity index (χ4v) is 4.59. The molecule has 0 saturated heterocycles. The molecule has 1 atom stereocenters. The molecule has 3 rings (SSSR count). The fourth-order valence-electron chi connectivity index (χ4n) is 2.79. The van der Waals surface area contributed by atoms with Crippen molar-refractivity contribution in [2.75, 3.05) is 12.8 Å². The molecule has 8 heteroatoms. The van der Waals surface area contributed by atoms with Gasteiger partial charge in [0.25, 0.3) is 11.1 Å². The number of hydrogen-bond donors (Lipinski definition) is 0. The average molecular weight is 391 g/mol. The number of thioether (sulfide) groups is 1. The van der Waals surface area contributed by atoms with Crippen LogP contribution in [0.5, 0.6) is 0 Å². The summed E-state index contributed by atoms with van der Waals surface area (Å²) in [6.45, 7) is 5.70. The van der Waals surface area contributed by atoms with Crippen LogP contribution in [0.3, 0.4) is 0 Å². The van der Waals surface area contributed by atoms with Crippen LogP contribution >= 0.6 is 23.1 Å². The van der Waals surface area contributed by atoms with Gasteiger partial charge in [-0.15, -0.1) is 21.5 Å². The smallest absolute Gasteiger partial charge is 0.277 e. The molecule has 0 N–H and O–H groups in total. The maximum atomic E-state index is 12.2. The van der Waals surface area contributed by atoms with Gasteiger partial charge in [-0.1, -0.05) is 18.7 Å². The standard InChI is InChI=1S/C18H22N4O2S2/c1-11-5-6-13-12(7-11)8-14(26-13)16-20-21-17(24-16)25-9-15(23)22(4)18(2,3)10-19/h8,11H,5-7,9H2,1-4H3/t11-/m0/s1. The number of aromatic nitrogens is 2. The largest absolute Gasteiger partial charge is 0.410 e. The highest BCUT2D eigenvalue weighted by molar-refractivity contribution is 7.99.